The largest absolute Gasteiger partial charge is 0.494 e. The normalized spacial score (nSPS) is 17.0. The number of para-hydroxylation sites is 1. The molecule has 2 aromatic carbocycles. The van der Waals surface area contributed by atoms with Crippen LogP contribution in [0.3, 0.4) is 0 Å². The summed E-state index contributed by atoms with van der Waals surface area (Å²) in [7, 11) is 0. The number of carboxylic acid groups (broad SMARTS) is 1. The van der Waals surface area contributed by atoms with Crippen LogP contribution in [0.5, 0.6) is 5.88 Å². The molecular weight excluding hydrogens is 413 g/mol. The first-order chi connectivity index (χ1) is 14.7. The number of aromatic nitrogens is 1. The van der Waals surface area contributed by atoms with Gasteiger partial charge in [-0.25, -0.2) is 4.79 Å². The number of hydrogen-bond acceptors (Lipinski definition) is 4. The highest BCUT2D eigenvalue weighted by Gasteiger charge is 2.35. The van der Waals surface area contributed by atoms with Crippen molar-refractivity contribution in [3.8, 4) is 5.88 Å². The Kier molecular flexibility index (Phi) is 5.22. The Balaban J connectivity index is 1.60. The van der Waals surface area contributed by atoms with Crippen molar-refractivity contribution in [1.82, 2.24) is 9.88 Å². The molecule has 1 amide bonds. The highest BCUT2D eigenvalue weighted by Crippen LogP contribution is 2.38. The number of carbonyl (C=O) groups is 1. The molecule has 1 aliphatic rings. The van der Waals surface area contributed by atoms with E-state index in [1.165, 1.54) is 18.3 Å². The molecule has 0 aliphatic carbocycles. The lowest BCUT2D eigenvalue weighted by Crippen LogP contribution is -2.30. The third-order valence-electron chi connectivity index (χ3n) is 5.20. The molecule has 162 valence electrons. The third kappa shape index (κ3) is 4.27. The standard InChI is InChI=1S/C21H19F3N4O3/c22-21(23,24)16-9-12(5-6-18(16)26-13-7-8-28(11-13)20(30)31)25-10-15-14-3-1-2-4-17(14)27-19(15)29/h1-6,9-10,13,26-27,29H,7-8,11H2,(H,30,31). The van der Waals surface area contributed by atoms with Crippen LogP contribution in [0, 0.1) is 0 Å². The number of nitrogens with zero attached hydrogens (tertiary/aromatic N) is 2. The molecule has 0 radical (unpaired) electrons. The number of aromatic amines is 1. The zero-order valence-electron chi connectivity index (χ0n) is 16.1. The Labute approximate surface area is 174 Å². The second-order valence-electron chi connectivity index (χ2n) is 7.28. The summed E-state index contributed by atoms with van der Waals surface area (Å²) in [5, 5.41) is 22.6. The number of aliphatic imine (C=N–C) groups is 1. The molecule has 0 saturated carbocycles. The quantitative estimate of drug-likeness (QED) is 0.445. The minimum Gasteiger partial charge on any atom is -0.494 e. The number of aromatic hydroxyl groups is 1. The van der Waals surface area contributed by atoms with Gasteiger partial charge in [-0.05, 0) is 30.7 Å². The summed E-state index contributed by atoms with van der Waals surface area (Å²) in [6, 6.07) is 10.3. The molecule has 0 spiro atoms. The van der Waals surface area contributed by atoms with Crippen molar-refractivity contribution in [3.05, 3.63) is 53.6 Å². The number of amides is 1. The van der Waals surface area contributed by atoms with E-state index in [9.17, 15) is 23.1 Å². The summed E-state index contributed by atoms with van der Waals surface area (Å²) in [5.41, 5.74) is 0.119. The average molecular weight is 432 g/mol. The van der Waals surface area contributed by atoms with E-state index in [0.29, 0.717) is 22.9 Å². The summed E-state index contributed by atoms with van der Waals surface area (Å²) in [5.74, 6) is -0.122. The van der Waals surface area contributed by atoms with Crippen LogP contribution >= 0.6 is 0 Å². The smallest absolute Gasteiger partial charge is 0.418 e. The van der Waals surface area contributed by atoms with Crippen LogP contribution in [0.15, 0.2) is 47.5 Å². The Morgan fingerprint density at radius 2 is 2.03 bits per heavy atom. The van der Waals surface area contributed by atoms with Crippen molar-refractivity contribution in [3.63, 3.8) is 0 Å². The Hall–Kier alpha value is -3.69. The van der Waals surface area contributed by atoms with Gasteiger partial charge in [0.2, 0.25) is 0 Å². The summed E-state index contributed by atoms with van der Waals surface area (Å²) in [4.78, 5) is 19.1. The maximum Gasteiger partial charge on any atom is 0.418 e. The Bertz CT molecular complexity index is 1160. The van der Waals surface area contributed by atoms with Crippen molar-refractivity contribution in [1.29, 1.82) is 0 Å². The van der Waals surface area contributed by atoms with Gasteiger partial charge in [0.05, 0.1) is 16.8 Å². The van der Waals surface area contributed by atoms with Crippen LogP contribution in [0.1, 0.15) is 17.5 Å². The number of anilines is 1. The number of hydrogen-bond donors (Lipinski definition) is 4. The number of halogens is 3. The molecule has 7 nitrogen and oxygen atoms in total. The zero-order chi connectivity index (χ0) is 22.2. The lowest BCUT2D eigenvalue weighted by molar-refractivity contribution is -0.136. The fourth-order valence-corrected chi connectivity index (χ4v) is 3.66. The van der Waals surface area contributed by atoms with Crippen molar-refractivity contribution in [2.45, 2.75) is 18.6 Å². The van der Waals surface area contributed by atoms with Gasteiger partial charge in [-0.1, -0.05) is 18.2 Å². The maximum atomic E-state index is 13.7. The van der Waals surface area contributed by atoms with Crippen LogP contribution in [-0.2, 0) is 6.18 Å². The maximum absolute atomic E-state index is 13.7. The van der Waals surface area contributed by atoms with Crippen LogP contribution in [0.4, 0.5) is 29.3 Å². The van der Waals surface area contributed by atoms with E-state index < -0.39 is 23.9 Å². The molecule has 1 atom stereocenters. The van der Waals surface area contributed by atoms with Gasteiger partial charge in [0.15, 0.2) is 5.88 Å². The van der Waals surface area contributed by atoms with Gasteiger partial charge in [-0.3, -0.25) is 4.99 Å². The topological polar surface area (TPSA) is 101 Å². The first kappa shape index (κ1) is 20.6. The second kappa shape index (κ2) is 7.86. The van der Waals surface area contributed by atoms with E-state index in [4.69, 9.17) is 5.11 Å². The van der Waals surface area contributed by atoms with Gasteiger partial charge in [0.25, 0.3) is 0 Å². The highest BCUT2D eigenvalue weighted by atomic mass is 19.4. The number of benzene rings is 2. The summed E-state index contributed by atoms with van der Waals surface area (Å²) >= 11 is 0. The fraction of sp³-hybridized carbons (Fsp3) is 0.238. The minimum absolute atomic E-state index is 0.0705. The van der Waals surface area contributed by atoms with Gasteiger partial charge in [0.1, 0.15) is 0 Å². The molecule has 1 fully saturated rings. The van der Waals surface area contributed by atoms with E-state index in [-0.39, 0.29) is 30.3 Å². The predicted molar refractivity (Wildman–Crippen MR) is 110 cm³/mol. The summed E-state index contributed by atoms with van der Waals surface area (Å²) in [6.45, 7) is 0.386. The van der Waals surface area contributed by atoms with Crippen LogP contribution in [0.25, 0.3) is 10.9 Å². The third-order valence-corrected chi connectivity index (χ3v) is 5.20. The number of H-pyrrole nitrogens is 1. The Morgan fingerprint density at radius 3 is 2.74 bits per heavy atom. The first-order valence-corrected chi connectivity index (χ1v) is 9.52. The number of fused-ring (bicyclic) bond motifs is 1. The zero-order valence-corrected chi connectivity index (χ0v) is 16.1. The lowest BCUT2D eigenvalue weighted by atomic mass is 10.1. The van der Waals surface area contributed by atoms with Crippen molar-refractivity contribution in [2.75, 3.05) is 18.4 Å². The molecule has 1 aromatic heterocycles. The monoisotopic (exact) mass is 432 g/mol. The number of likely N-dealkylation sites (tertiary alicyclic amines) is 1. The van der Waals surface area contributed by atoms with E-state index in [1.807, 2.05) is 0 Å². The summed E-state index contributed by atoms with van der Waals surface area (Å²) < 4.78 is 41.0. The number of rotatable bonds is 4. The minimum atomic E-state index is -4.62. The SMILES string of the molecule is O=C(O)N1CCC(Nc2ccc(N=Cc3c(O)[nH]c4ccccc34)cc2C(F)(F)F)C1. The van der Waals surface area contributed by atoms with Gasteiger partial charge >= 0.3 is 12.3 Å². The second-order valence-corrected chi connectivity index (χ2v) is 7.28. The van der Waals surface area contributed by atoms with E-state index in [2.05, 4.69) is 15.3 Å². The molecule has 4 rings (SSSR count). The average Bonchev–Trinajstić information content (AvgIpc) is 3.30. The first-order valence-electron chi connectivity index (χ1n) is 9.52. The molecule has 3 aromatic rings. The van der Waals surface area contributed by atoms with Gasteiger partial charge in [-0.2, -0.15) is 13.2 Å². The van der Waals surface area contributed by atoms with E-state index in [1.54, 1.807) is 24.3 Å². The number of nitrogens with one attached hydrogen (secondary N) is 2. The van der Waals surface area contributed by atoms with E-state index >= 15 is 0 Å². The Morgan fingerprint density at radius 1 is 1.26 bits per heavy atom. The molecule has 1 saturated heterocycles. The molecule has 0 bridgehead atoms. The van der Waals surface area contributed by atoms with E-state index in [0.717, 1.165) is 11.0 Å². The van der Waals surface area contributed by atoms with Gasteiger partial charge in [-0.15, -0.1) is 0 Å². The molecule has 10 heteroatoms. The van der Waals surface area contributed by atoms with Crippen molar-refractivity contribution >= 4 is 34.6 Å². The molecule has 1 unspecified atom stereocenters. The summed E-state index contributed by atoms with van der Waals surface area (Å²) in [6.07, 6.45) is -3.98. The van der Waals surface area contributed by atoms with Gasteiger partial charge in [0, 0.05) is 41.9 Å². The lowest BCUT2D eigenvalue weighted by Gasteiger charge is -2.19. The molecule has 2 heterocycles. The van der Waals surface area contributed by atoms with Crippen molar-refractivity contribution in [2.24, 2.45) is 4.99 Å². The van der Waals surface area contributed by atoms with Crippen LogP contribution in [0.2, 0.25) is 0 Å². The highest BCUT2D eigenvalue weighted by molar-refractivity contribution is 6.02. The molecule has 4 N–H and O–H groups in total. The van der Waals surface area contributed by atoms with Crippen LogP contribution < -0.4 is 5.32 Å². The predicted octanol–water partition coefficient (Wildman–Crippen LogP) is 4.81. The van der Waals surface area contributed by atoms with Crippen LogP contribution in [-0.4, -0.2) is 51.5 Å². The fourth-order valence-electron chi connectivity index (χ4n) is 3.66. The van der Waals surface area contributed by atoms with Crippen molar-refractivity contribution < 1.29 is 28.2 Å². The molecule has 31 heavy (non-hydrogen) atoms. The van der Waals surface area contributed by atoms with Gasteiger partial charge < -0.3 is 25.4 Å². The number of alkyl halides is 3. The molecule has 1 aliphatic heterocycles. The molecular formula is C21H19F3N4O3.